The van der Waals surface area contributed by atoms with Crippen LogP contribution in [0.2, 0.25) is 0 Å². The van der Waals surface area contributed by atoms with Gasteiger partial charge in [-0.15, -0.1) is 0 Å². The van der Waals surface area contributed by atoms with Crippen molar-refractivity contribution in [1.82, 2.24) is 4.98 Å². The topological polar surface area (TPSA) is 15.8 Å². The lowest BCUT2D eigenvalue weighted by Crippen LogP contribution is -1.80. The van der Waals surface area contributed by atoms with Gasteiger partial charge in [0.2, 0.25) is 0 Å². The largest absolute Gasteiger partial charge is 0.358 e. The normalized spacial score (nSPS) is 10.9. The maximum absolute atomic E-state index is 3.44. The molecule has 3 aromatic rings. The third kappa shape index (κ3) is 1.64. The van der Waals surface area contributed by atoms with Crippen molar-refractivity contribution in [1.29, 1.82) is 0 Å². The first-order valence-corrected chi connectivity index (χ1v) is 5.90. The van der Waals surface area contributed by atoms with E-state index in [0.717, 1.165) is 0 Å². The molecule has 0 saturated carbocycles. The molecule has 1 N–H and O–H groups in total. The number of H-pyrrole nitrogens is 1. The summed E-state index contributed by atoms with van der Waals surface area (Å²) in [5.74, 6) is 0. The lowest BCUT2D eigenvalue weighted by atomic mass is 10.0. The summed E-state index contributed by atoms with van der Waals surface area (Å²) in [7, 11) is 0. The molecule has 3 rings (SSSR count). The third-order valence-electron chi connectivity index (χ3n) is 3.23. The quantitative estimate of drug-likeness (QED) is 0.624. The van der Waals surface area contributed by atoms with Gasteiger partial charge in [0.1, 0.15) is 0 Å². The van der Waals surface area contributed by atoms with Gasteiger partial charge in [0.15, 0.2) is 0 Å². The van der Waals surface area contributed by atoms with E-state index in [2.05, 4.69) is 67.4 Å². The summed E-state index contributed by atoms with van der Waals surface area (Å²) in [6, 6.07) is 17.2. The van der Waals surface area contributed by atoms with Crippen LogP contribution in [0.3, 0.4) is 0 Å². The smallest absolute Gasteiger partial charge is 0.0462 e. The van der Waals surface area contributed by atoms with Crippen LogP contribution >= 0.6 is 0 Å². The maximum Gasteiger partial charge on any atom is 0.0462 e. The van der Waals surface area contributed by atoms with Crippen molar-refractivity contribution < 1.29 is 0 Å². The first-order valence-electron chi connectivity index (χ1n) is 5.90. The van der Waals surface area contributed by atoms with Crippen molar-refractivity contribution in [2.45, 2.75) is 13.8 Å². The standard InChI is InChI=1S/C16H15N/c1-11-7-9-13(10-8-11)16-12(2)17-15-6-4-3-5-14(15)16/h3-10,17H,1-2H3. The number of para-hydroxylation sites is 1. The lowest BCUT2D eigenvalue weighted by molar-refractivity contribution is 1.30. The molecule has 2 aromatic carbocycles. The molecule has 0 atom stereocenters. The summed E-state index contributed by atoms with van der Waals surface area (Å²) in [4.78, 5) is 3.44. The van der Waals surface area contributed by atoms with Gasteiger partial charge in [-0.3, -0.25) is 0 Å². The van der Waals surface area contributed by atoms with E-state index in [4.69, 9.17) is 0 Å². The lowest BCUT2D eigenvalue weighted by Gasteiger charge is -2.02. The van der Waals surface area contributed by atoms with Crippen molar-refractivity contribution in [3.8, 4) is 11.1 Å². The molecule has 0 aliphatic carbocycles. The number of nitrogens with one attached hydrogen (secondary N) is 1. The Kier molecular flexibility index (Phi) is 2.25. The summed E-state index contributed by atoms with van der Waals surface area (Å²) in [6.45, 7) is 4.25. The minimum absolute atomic E-state index is 1.21. The number of aryl methyl sites for hydroxylation is 2. The van der Waals surface area contributed by atoms with Gasteiger partial charge in [0, 0.05) is 22.2 Å². The molecule has 0 radical (unpaired) electrons. The summed E-state index contributed by atoms with van der Waals surface area (Å²) in [5, 5.41) is 1.30. The van der Waals surface area contributed by atoms with Gasteiger partial charge >= 0.3 is 0 Å². The van der Waals surface area contributed by atoms with Gasteiger partial charge < -0.3 is 4.98 Å². The Bertz CT molecular complexity index is 660. The maximum atomic E-state index is 3.44. The highest BCUT2D eigenvalue weighted by molar-refractivity contribution is 5.97. The molecule has 0 spiro atoms. The highest BCUT2D eigenvalue weighted by Gasteiger charge is 2.09. The predicted octanol–water partition coefficient (Wildman–Crippen LogP) is 4.45. The summed E-state index contributed by atoms with van der Waals surface area (Å²) >= 11 is 0. The molecule has 1 nitrogen and oxygen atoms in total. The molecule has 1 aromatic heterocycles. The number of aromatic nitrogens is 1. The molecule has 0 bridgehead atoms. The molecular weight excluding hydrogens is 206 g/mol. The molecule has 17 heavy (non-hydrogen) atoms. The average Bonchev–Trinajstić information content (AvgIpc) is 2.66. The second kappa shape index (κ2) is 3.77. The molecule has 84 valence electrons. The fourth-order valence-electron chi connectivity index (χ4n) is 2.37. The third-order valence-corrected chi connectivity index (χ3v) is 3.23. The predicted molar refractivity (Wildman–Crippen MR) is 73.2 cm³/mol. The van der Waals surface area contributed by atoms with Gasteiger partial charge in [0.05, 0.1) is 0 Å². The first kappa shape index (κ1) is 10.2. The Morgan fingerprint density at radius 2 is 1.53 bits per heavy atom. The molecule has 0 aliphatic rings. The fourth-order valence-corrected chi connectivity index (χ4v) is 2.37. The Labute approximate surface area is 101 Å². The van der Waals surface area contributed by atoms with Crippen LogP contribution in [-0.2, 0) is 0 Å². The second-order valence-corrected chi connectivity index (χ2v) is 4.54. The van der Waals surface area contributed by atoms with Crippen LogP contribution in [0, 0.1) is 13.8 Å². The highest BCUT2D eigenvalue weighted by atomic mass is 14.7. The number of fused-ring (bicyclic) bond motifs is 1. The molecule has 1 heteroatoms. The minimum atomic E-state index is 1.21. The Morgan fingerprint density at radius 1 is 0.824 bits per heavy atom. The second-order valence-electron chi connectivity index (χ2n) is 4.54. The zero-order chi connectivity index (χ0) is 11.8. The SMILES string of the molecule is Cc1ccc(-c2c(C)[nH]c3ccccc23)cc1. The number of benzene rings is 2. The average molecular weight is 221 g/mol. The van der Waals surface area contributed by atoms with Crippen LogP contribution in [-0.4, -0.2) is 4.98 Å². The van der Waals surface area contributed by atoms with Crippen molar-refractivity contribution in [2.75, 3.05) is 0 Å². The number of hydrogen-bond acceptors (Lipinski definition) is 0. The molecule has 1 heterocycles. The van der Waals surface area contributed by atoms with E-state index in [1.165, 1.54) is 33.3 Å². The van der Waals surface area contributed by atoms with E-state index in [1.807, 2.05) is 0 Å². The van der Waals surface area contributed by atoms with E-state index in [1.54, 1.807) is 0 Å². The zero-order valence-corrected chi connectivity index (χ0v) is 10.1. The molecule has 0 aliphatic heterocycles. The minimum Gasteiger partial charge on any atom is -0.358 e. The Hall–Kier alpha value is -2.02. The van der Waals surface area contributed by atoms with Gasteiger partial charge in [0.25, 0.3) is 0 Å². The van der Waals surface area contributed by atoms with E-state index in [9.17, 15) is 0 Å². The van der Waals surface area contributed by atoms with E-state index in [-0.39, 0.29) is 0 Å². The van der Waals surface area contributed by atoms with Crippen LogP contribution in [0.1, 0.15) is 11.3 Å². The van der Waals surface area contributed by atoms with E-state index in [0.29, 0.717) is 0 Å². The van der Waals surface area contributed by atoms with Crippen molar-refractivity contribution in [2.24, 2.45) is 0 Å². The first-order chi connectivity index (χ1) is 8.25. The molecular formula is C16H15N. The van der Waals surface area contributed by atoms with Gasteiger partial charge in [-0.05, 0) is 25.5 Å². The van der Waals surface area contributed by atoms with Gasteiger partial charge in [-0.1, -0.05) is 48.0 Å². The number of rotatable bonds is 1. The van der Waals surface area contributed by atoms with Crippen molar-refractivity contribution >= 4 is 10.9 Å². The number of hydrogen-bond donors (Lipinski definition) is 1. The van der Waals surface area contributed by atoms with Crippen LogP contribution < -0.4 is 0 Å². The molecule has 0 saturated heterocycles. The van der Waals surface area contributed by atoms with Gasteiger partial charge in [-0.2, -0.15) is 0 Å². The zero-order valence-electron chi connectivity index (χ0n) is 10.1. The molecule has 0 amide bonds. The fraction of sp³-hybridized carbons (Fsp3) is 0.125. The van der Waals surface area contributed by atoms with E-state index < -0.39 is 0 Å². The Balaban J connectivity index is 2.29. The van der Waals surface area contributed by atoms with Crippen LogP contribution in [0.5, 0.6) is 0 Å². The van der Waals surface area contributed by atoms with Gasteiger partial charge in [-0.25, -0.2) is 0 Å². The van der Waals surface area contributed by atoms with Crippen LogP contribution in [0.15, 0.2) is 48.5 Å². The highest BCUT2D eigenvalue weighted by Crippen LogP contribution is 2.31. The molecule has 0 fully saturated rings. The summed E-state index contributed by atoms with van der Waals surface area (Å²) in [6.07, 6.45) is 0. The summed E-state index contributed by atoms with van der Waals surface area (Å²) < 4.78 is 0. The van der Waals surface area contributed by atoms with Crippen LogP contribution in [0.4, 0.5) is 0 Å². The number of aromatic amines is 1. The van der Waals surface area contributed by atoms with Crippen molar-refractivity contribution in [3.05, 3.63) is 59.8 Å². The summed E-state index contributed by atoms with van der Waals surface area (Å²) in [5.41, 5.74) is 6.34. The Morgan fingerprint density at radius 3 is 2.29 bits per heavy atom. The molecule has 0 unspecified atom stereocenters. The monoisotopic (exact) mass is 221 g/mol. The van der Waals surface area contributed by atoms with E-state index >= 15 is 0 Å². The van der Waals surface area contributed by atoms with Crippen molar-refractivity contribution in [3.63, 3.8) is 0 Å². The van der Waals surface area contributed by atoms with Crippen LogP contribution in [0.25, 0.3) is 22.0 Å².